The van der Waals surface area contributed by atoms with Crippen molar-refractivity contribution in [1.29, 1.82) is 0 Å². The molecule has 1 atom stereocenters. The smallest absolute Gasteiger partial charge is 0.258 e. The van der Waals surface area contributed by atoms with Gasteiger partial charge < -0.3 is 10.2 Å². The van der Waals surface area contributed by atoms with Crippen LogP contribution in [0.5, 0.6) is 0 Å². The lowest BCUT2D eigenvalue weighted by molar-refractivity contribution is 0.484. The van der Waals surface area contributed by atoms with Gasteiger partial charge >= 0.3 is 0 Å². The van der Waals surface area contributed by atoms with Gasteiger partial charge in [0.05, 0.1) is 23.1 Å². The lowest BCUT2D eigenvalue weighted by atomic mass is 10.0. The summed E-state index contributed by atoms with van der Waals surface area (Å²) in [5.74, 6) is 0. The van der Waals surface area contributed by atoms with Gasteiger partial charge in [-0.3, -0.25) is 13.9 Å². The molecule has 0 bridgehead atoms. The van der Waals surface area contributed by atoms with Crippen molar-refractivity contribution < 1.29 is 0 Å². The number of nitrogens with zero attached hydrogens (tertiary/aromatic N) is 5. The van der Waals surface area contributed by atoms with Gasteiger partial charge in [0.25, 0.3) is 5.56 Å². The molecule has 0 radical (unpaired) electrons. The molecule has 4 heterocycles. The van der Waals surface area contributed by atoms with E-state index in [1.165, 1.54) is 0 Å². The maximum absolute atomic E-state index is 12.9. The predicted molar refractivity (Wildman–Crippen MR) is 116 cm³/mol. The minimum Gasteiger partial charge on any atom is -0.368 e. The minimum absolute atomic E-state index is 0.0704. The van der Waals surface area contributed by atoms with Gasteiger partial charge in [-0.25, -0.2) is 4.98 Å². The summed E-state index contributed by atoms with van der Waals surface area (Å²) in [6, 6.07) is 10.2. The average Bonchev–Trinajstić information content (AvgIpc) is 3.09. The molecule has 5 rings (SSSR count). The molecule has 0 unspecified atom stereocenters. The SMILES string of the molecule is Cc1cc(-c2cc(=O)n3cc(N4CCN[C@@H](C)C4)ccc3n2)cc2cnn(C)c12. The Labute approximate surface area is 168 Å². The molecule has 1 N–H and O–H groups in total. The maximum Gasteiger partial charge on any atom is 0.258 e. The van der Waals surface area contributed by atoms with E-state index in [9.17, 15) is 4.79 Å². The fourth-order valence-electron chi connectivity index (χ4n) is 4.29. The largest absolute Gasteiger partial charge is 0.368 e. The van der Waals surface area contributed by atoms with Crippen molar-refractivity contribution in [3.63, 3.8) is 0 Å². The van der Waals surface area contributed by atoms with Gasteiger partial charge in [0.15, 0.2) is 0 Å². The first kappa shape index (κ1) is 17.9. The van der Waals surface area contributed by atoms with Crippen LogP contribution in [-0.4, -0.2) is 44.8 Å². The van der Waals surface area contributed by atoms with Crippen molar-refractivity contribution in [1.82, 2.24) is 24.5 Å². The van der Waals surface area contributed by atoms with Crippen molar-refractivity contribution in [2.24, 2.45) is 7.05 Å². The molecule has 7 nitrogen and oxygen atoms in total. The molecule has 29 heavy (non-hydrogen) atoms. The third-order valence-corrected chi connectivity index (χ3v) is 5.70. The van der Waals surface area contributed by atoms with Crippen LogP contribution in [0.4, 0.5) is 5.69 Å². The van der Waals surface area contributed by atoms with E-state index in [0.29, 0.717) is 17.4 Å². The quantitative estimate of drug-likeness (QED) is 0.571. The van der Waals surface area contributed by atoms with E-state index in [4.69, 9.17) is 4.98 Å². The molecule has 1 aliphatic rings. The normalized spacial score (nSPS) is 17.3. The van der Waals surface area contributed by atoms with E-state index in [0.717, 1.165) is 47.4 Å². The van der Waals surface area contributed by atoms with Crippen LogP contribution in [0.25, 0.3) is 27.8 Å². The second-order valence-corrected chi connectivity index (χ2v) is 7.90. The number of fused-ring (bicyclic) bond motifs is 2. The second-order valence-electron chi connectivity index (χ2n) is 7.90. The number of nitrogens with one attached hydrogen (secondary N) is 1. The molecule has 3 aromatic heterocycles. The Bertz CT molecular complexity index is 1290. The summed E-state index contributed by atoms with van der Waals surface area (Å²) in [4.78, 5) is 20.0. The maximum atomic E-state index is 12.9. The van der Waals surface area contributed by atoms with Crippen molar-refractivity contribution in [2.75, 3.05) is 24.5 Å². The Balaban J connectivity index is 1.58. The highest BCUT2D eigenvalue weighted by Crippen LogP contribution is 2.26. The summed E-state index contributed by atoms with van der Waals surface area (Å²) < 4.78 is 3.51. The lowest BCUT2D eigenvalue weighted by Crippen LogP contribution is -2.49. The molecule has 148 valence electrons. The number of pyridine rings is 1. The zero-order valence-electron chi connectivity index (χ0n) is 16.9. The van der Waals surface area contributed by atoms with E-state index < -0.39 is 0 Å². The Morgan fingerprint density at radius 1 is 1.21 bits per heavy atom. The Hall–Kier alpha value is -3.19. The molecular formula is C22H24N6O. The predicted octanol–water partition coefficient (Wildman–Crippen LogP) is 2.35. The van der Waals surface area contributed by atoms with Crippen molar-refractivity contribution >= 4 is 22.2 Å². The zero-order valence-corrected chi connectivity index (χ0v) is 16.9. The highest BCUT2D eigenvalue weighted by atomic mass is 16.1. The van der Waals surface area contributed by atoms with Gasteiger partial charge in [0.1, 0.15) is 5.65 Å². The minimum atomic E-state index is -0.0704. The third-order valence-electron chi connectivity index (χ3n) is 5.70. The van der Waals surface area contributed by atoms with E-state index in [1.54, 1.807) is 10.5 Å². The second kappa shape index (κ2) is 6.70. The third kappa shape index (κ3) is 3.07. The molecule has 1 aliphatic heterocycles. The van der Waals surface area contributed by atoms with E-state index >= 15 is 0 Å². The van der Waals surface area contributed by atoms with Gasteiger partial charge in [-0.2, -0.15) is 5.10 Å². The first-order chi connectivity index (χ1) is 14.0. The van der Waals surface area contributed by atoms with E-state index in [1.807, 2.05) is 36.3 Å². The zero-order chi connectivity index (χ0) is 20.1. The van der Waals surface area contributed by atoms with Crippen molar-refractivity contribution in [2.45, 2.75) is 19.9 Å². The Morgan fingerprint density at radius 2 is 2.07 bits per heavy atom. The Kier molecular flexibility index (Phi) is 4.13. The number of aryl methyl sites for hydroxylation is 2. The van der Waals surface area contributed by atoms with Crippen LogP contribution >= 0.6 is 0 Å². The molecule has 1 fully saturated rings. The number of rotatable bonds is 2. The number of hydrogen-bond donors (Lipinski definition) is 1. The van der Waals surface area contributed by atoms with Gasteiger partial charge in [-0.05, 0) is 43.7 Å². The van der Waals surface area contributed by atoms with Gasteiger partial charge in [-0.15, -0.1) is 0 Å². The van der Waals surface area contributed by atoms with Crippen LogP contribution < -0.4 is 15.8 Å². The standard InChI is InChI=1S/C22H24N6O/c1-14-8-16(9-17-11-24-26(3)22(14)17)19-10-21(29)28-13-18(4-5-20(28)25-19)27-7-6-23-15(2)12-27/h4-5,8-11,13,15,23H,6-7,12H2,1-3H3/t15-/m0/s1. The molecule has 0 saturated carbocycles. The van der Waals surface area contributed by atoms with Crippen LogP contribution in [0.15, 0.2) is 47.5 Å². The highest BCUT2D eigenvalue weighted by Gasteiger charge is 2.17. The molecule has 0 aliphatic carbocycles. The molecule has 1 saturated heterocycles. The molecule has 4 aromatic rings. The fourth-order valence-corrected chi connectivity index (χ4v) is 4.29. The number of benzene rings is 1. The Morgan fingerprint density at radius 3 is 2.90 bits per heavy atom. The van der Waals surface area contributed by atoms with E-state index in [-0.39, 0.29) is 5.56 Å². The van der Waals surface area contributed by atoms with Gasteiger partial charge in [0, 0.05) is 55.9 Å². The number of piperazine rings is 1. The summed E-state index contributed by atoms with van der Waals surface area (Å²) in [5.41, 5.74) is 5.47. The lowest BCUT2D eigenvalue weighted by Gasteiger charge is -2.33. The number of hydrogen-bond acceptors (Lipinski definition) is 5. The summed E-state index contributed by atoms with van der Waals surface area (Å²) >= 11 is 0. The monoisotopic (exact) mass is 388 g/mol. The average molecular weight is 388 g/mol. The first-order valence-electron chi connectivity index (χ1n) is 9.94. The van der Waals surface area contributed by atoms with Crippen molar-refractivity contribution in [3.8, 4) is 11.3 Å². The van der Waals surface area contributed by atoms with Crippen LogP contribution in [0.1, 0.15) is 12.5 Å². The van der Waals surface area contributed by atoms with E-state index in [2.05, 4.69) is 41.3 Å². The fraction of sp³-hybridized carbons (Fsp3) is 0.318. The number of anilines is 1. The summed E-state index contributed by atoms with van der Waals surface area (Å²) in [7, 11) is 1.94. The van der Waals surface area contributed by atoms with Crippen molar-refractivity contribution in [3.05, 3.63) is 58.6 Å². The molecule has 7 heteroatoms. The van der Waals surface area contributed by atoms with Crippen LogP contribution in [0.2, 0.25) is 0 Å². The molecule has 1 aromatic carbocycles. The van der Waals surface area contributed by atoms with Crippen LogP contribution in [0, 0.1) is 6.92 Å². The molecular weight excluding hydrogens is 364 g/mol. The van der Waals surface area contributed by atoms with Crippen LogP contribution in [-0.2, 0) is 7.05 Å². The molecule has 0 spiro atoms. The highest BCUT2D eigenvalue weighted by molar-refractivity contribution is 5.87. The summed E-state index contributed by atoms with van der Waals surface area (Å²) in [6.45, 7) is 7.04. The first-order valence-corrected chi connectivity index (χ1v) is 9.94. The topological polar surface area (TPSA) is 67.5 Å². The summed E-state index contributed by atoms with van der Waals surface area (Å²) in [6.07, 6.45) is 3.75. The number of aromatic nitrogens is 4. The van der Waals surface area contributed by atoms with Crippen LogP contribution in [0.3, 0.4) is 0 Å². The van der Waals surface area contributed by atoms with Gasteiger partial charge in [-0.1, -0.05) is 0 Å². The van der Waals surface area contributed by atoms with Gasteiger partial charge in [0.2, 0.25) is 0 Å². The summed E-state index contributed by atoms with van der Waals surface area (Å²) in [5, 5.41) is 8.83. The molecule has 0 amide bonds.